The van der Waals surface area contributed by atoms with Crippen LogP contribution in [-0.4, -0.2) is 28.9 Å². The van der Waals surface area contributed by atoms with Gasteiger partial charge in [0, 0.05) is 12.6 Å². The largest absolute Gasteiger partial charge is 0.507 e. The minimum absolute atomic E-state index is 0.142. The number of allylic oxidation sites excluding steroid dienone is 1. The third-order valence-corrected chi connectivity index (χ3v) is 4.23. The Kier molecular flexibility index (Phi) is 4.44. The third kappa shape index (κ3) is 2.95. The van der Waals surface area contributed by atoms with Gasteiger partial charge in [-0.15, -0.1) is 0 Å². The minimum atomic E-state index is -0.195. The van der Waals surface area contributed by atoms with Crippen molar-refractivity contribution in [3.63, 3.8) is 0 Å². The molecule has 0 aliphatic carbocycles. The van der Waals surface area contributed by atoms with E-state index in [-0.39, 0.29) is 17.3 Å². The molecule has 1 aliphatic rings. The van der Waals surface area contributed by atoms with Crippen LogP contribution < -0.4 is 4.74 Å². The molecule has 0 spiro atoms. The van der Waals surface area contributed by atoms with Crippen molar-refractivity contribution >= 4 is 11.9 Å². The molecule has 1 N–H and O–H groups in total. The molecule has 1 aromatic heterocycles. The average molecular weight is 327 g/mol. The first kappa shape index (κ1) is 16.3. The fraction of sp³-hybridized carbons (Fsp3) is 0.316. The summed E-state index contributed by atoms with van der Waals surface area (Å²) in [5, 5.41) is 10.2. The van der Waals surface area contributed by atoms with Gasteiger partial charge in [-0.2, -0.15) is 0 Å². The Hall–Kier alpha value is -2.53. The van der Waals surface area contributed by atoms with Crippen molar-refractivity contribution in [3.8, 4) is 11.5 Å². The zero-order valence-corrected chi connectivity index (χ0v) is 14.1. The van der Waals surface area contributed by atoms with Crippen LogP contribution in [0.4, 0.5) is 0 Å². The molecule has 0 saturated heterocycles. The molecule has 1 aliphatic heterocycles. The summed E-state index contributed by atoms with van der Waals surface area (Å²) < 4.78 is 11.3. The average Bonchev–Trinajstić information content (AvgIpc) is 3.11. The maximum absolute atomic E-state index is 12.6. The van der Waals surface area contributed by atoms with Crippen molar-refractivity contribution in [3.05, 3.63) is 52.7 Å². The summed E-state index contributed by atoms with van der Waals surface area (Å²) in [6, 6.07) is 6.78. The van der Waals surface area contributed by atoms with E-state index in [1.165, 1.54) is 0 Å². The lowest BCUT2D eigenvalue weighted by Crippen LogP contribution is -2.22. The Morgan fingerprint density at radius 1 is 1.17 bits per heavy atom. The number of carbonyl (C=O) groups is 1. The second-order valence-electron chi connectivity index (χ2n) is 5.79. The van der Waals surface area contributed by atoms with Gasteiger partial charge in [-0.25, -0.2) is 0 Å². The monoisotopic (exact) mass is 327 g/mol. The van der Waals surface area contributed by atoms with Crippen molar-refractivity contribution in [2.24, 2.45) is 0 Å². The number of nitrogens with zero attached hydrogens (tertiary/aromatic N) is 1. The van der Waals surface area contributed by atoms with Crippen LogP contribution in [0.25, 0.3) is 6.08 Å². The number of ketones is 1. The molecule has 24 heavy (non-hydrogen) atoms. The highest BCUT2D eigenvalue weighted by atomic mass is 16.5. The summed E-state index contributed by atoms with van der Waals surface area (Å²) in [6.45, 7) is 8.18. The van der Waals surface area contributed by atoms with Crippen molar-refractivity contribution in [2.75, 3.05) is 13.1 Å². The summed E-state index contributed by atoms with van der Waals surface area (Å²) in [7, 11) is 0. The first-order valence-electron chi connectivity index (χ1n) is 8.11. The summed E-state index contributed by atoms with van der Waals surface area (Å²) in [5.41, 5.74) is 1.12. The lowest BCUT2D eigenvalue weighted by atomic mass is 10.0. The Balaban J connectivity index is 1.97. The number of rotatable bonds is 5. The molecule has 0 unspecified atom stereocenters. The van der Waals surface area contributed by atoms with Gasteiger partial charge in [-0.3, -0.25) is 9.69 Å². The predicted octanol–water partition coefficient (Wildman–Crippen LogP) is 3.75. The SMILES string of the molecule is CCN(CC)Cc1c(O)ccc2c1OC(=Cc1ccc(C)o1)C2=O. The maximum atomic E-state index is 12.6. The van der Waals surface area contributed by atoms with E-state index in [2.05, 4.69) is 18.7 Å². The number of phenols is 1. The second kappa shape index (κ2) is 6.53. The molecule has 3 rings (SSSR count). The fourth-order valence-electron chi connectivity index (χ4n) is 2.78. The summed E-state index contributed by atoms with van der Waals surface area (Å²) in [6.07, 6.45) is 1.59. The number of ether oxygens (including phenoxy) is 1. The van der Waals surface area contributed by atoms with Crippen LogP contribution in [0.2, 0.25) is 0 Å². The van der Waals surface area contributed by atoms with Gasteiger partial charge in [-0.05, 0) is 44.3 Å². The molecule has 2 heterocycles. The maximum Gasteiger partial charge on any atom is 0.232 e. The standard InChI is InChI=1S/C19H21NO4/c1-4-20(5-2)11-15-16(21)9-8-14-18(22)17(24-19(14)15)10-13-7-6-12(3)23-13/h6-10,21H,4-5,11H2,1-3H3. The number of fused-ring (bicyclic) bond motifs is 1. The van der Waals surface area contributed by atoms with Crippen molar-refractivity contribution in [2.45, 2.75) is 27.3 Å². The lowest BCUT2D eigenvalue weighted by Gasteiger charge is -2.20. The smallest absolute Gasteiger partial charge is 0.232 e. The molecule has 0 bridgehead atoms. The molecular weight excluding hydrogens is 306 g/mol. The summed E-state index contributed by atoms with van der Waals surface area (Å²) >= 11 is 0. The quantitative estimate of drug-likeness (QED) is 0.847. The summed E-state index contributed by atoms with van der Waals surface area (Å²) in [5.74, 6) is 1.94. The summed E-state index contributed by atoms with van der Waals surface area (Å²) in [4.78, 5) is 14.7. The molecule has 0 radical (unpaired) electrons. The van der Waals surface area contributed by atoms with Gasteiger partial charge >= 0.3 is 0 Å². The van der Waals surface area contributed by atoms with Crippen LogP contribution in [0.5, 0.6) is 11.5 Å². The van der Waals surface area contributed by atoms with E-state index in [4.69, 9.17) is 9.15 Å². The van der Waals surface area contributed by atoms with Gasteiger partial charge in [0.1, 0.15) is 23.0 Å². The molecule has 0 amide bonds. The number of benzene rings is 1. The highest BCUT2D eigenvalue weighted by molar-refractivity contribution is 6.14. The number of aryl methyl sites for hydroxylation is 1. The van der Waals surface area contributed by atoms with Crippen molar-refractivity contribution < 1.29 is 19.1 Å². The Labute approximate surface area is 141 Å². The van der Waals surface area contributed by atoms with Gasteiger partial charge in [0.25, 0.3) is 0 Å². The molecular formula is C19H21NO4. The number of phenolic OH excluding ortho intramolecular Hbond substituents is 1. The van der Waals surface area contributed by atoms with Gasteiger partial charge in [0.05, 0.1) is 11.1 Å². The van der Waals surface area contributed by atoms with E-state index in [0.29, 0.717) is 29.2 Å². The molecule has 0 saturated carbocycles. The Bertz CT molecular complexity index is 800. The molecule has 2 aromatic rings. The molecule has 5 nitrogen and oxygen atoms in total. The normalized spacial score (nSPS) is 15.2. The number of Topliss-reactive ketones (excluding diaryl/α,β-unsaturated/α-hetero) is 1. The van der Waals surface area contributed by atoms with E-state index in [0.717, 1.165) is 18.8 Å². The lowest BCUT2D eigenvalue weighted by molar-refractivity contribution is 0.101. The van der Waals surface area contributed by atoms with Crippen LogP contribution in [0.1, 0.15) is 41.3 Å². The number of hydrogen-bond donors (Lipinski definition) is 1. The highest BCUT2D eigenvalue weighted by Gasteiger charge is 2.31. The van der Waals surface area contributed by atoms with Crippen LogP contribution in [0, 0.1) is 6.92 Å². The van der Waals surface area contributed by atoms with Crippen LogP contribution in [-0.2, 0) is 6.54 Å². The molecule has 0 atom stereocenters. The molecule has 1 aromatic carbocycles. The van der Waals surface area contributed by atoms with E-state index >= 15 is 0 Å². The van der Waals surface area contributed by atoms with Crippen LogP contribution in [0.15, 0.2) is 34.4 Å². The van der Waals surface area contributed by atoms with E-state index in [1.54, 1.807) is 24.3 Å². The Morgan fingerprint density at radius 2 is 1.92 bits per heavy atom. The minimum Gasteiger partial charge on any atom is -0.507 e. The number of furan rings is 1. The zero-order chi connectivity index (χ0) is 17.3. The van der Waals surface area contributed by atoms with Gasteiger partial charge in [0.15, 0.2) is 5.76 Å². The van der Waals surface area contributed by atoms with Crippen LogP contribution >= 0.6 is 0 Å². The number of aromatic hydroxyl groups is 1. The first-order chi connectivity index (χ1) is 11.5. The third-order valence-electron chi connectivity index (χ3n) is 4.23. The van der Waals surface area contributed by atoms with E-state index < -0.39 is 0 Å². The van der Waals surface area contributed by atoms with E-state index in [1.807, 2.05) is 13.0 Å². The van der Waals surface area contributed by atoms with Gasteiger partial charge in [-0.1, -0.05) is 13.8 Å². The van der Waals surface area contributed by atoms with Gasteiger partial charge < -0.3 is 14.3 Å². The van der Waals surface area contributed by atoms with Crippen molar-refractivity contribution in [1.29, 1.82) is 0 Å². The van der Waals surface area contributed by atoms with Crippen LogP contribution in [0.3, 0.4) is 0 Å². The topological polar surface area (TPSA) is 62.9 Å². The Morgan fingerprint density at radius 3 is 2.54 bits per heavy atom. The molecule has 126 valence electrons. The highest BCUT2D eigenvalue weighted by Crippen LogP contribution is 2.40. The zero-order valence-electron chi connectivity index (χ0n) is 14.1. The van der Waals surface area contributed by atoms with E-state index in [9.17, 15) is 9.90 Å². The molecule has 5 heteroatoms. The van der Waals surface area contributed by atoms with Crippen molar-refractivity contribution in [1.82, 2.24) is 4.90 Å². The first-order valence-corrected chi connectivity index (χ1v) is 8.11. The van der Waals surface area contributed by atoms with Gasteiger partial charge in [0.2, 0.25) is 5.78 Å². The number of hydrogen-bond acceptors (Lipinski definition) is 5. The molecule has 0 fully saturated rings. The predicted molar refractivity (Wildman–Crippen MR) is 91.1 cm³/mol. The fourth-order valence-corrected chi connectivity index (χ4v) is 2.78. The second-order valence-corrected chi connectivity index (χ2v) is 5.79. The number of carbonyl (C=O) groups excluding carboxylic acids is 1.